The molecule has 1 aromatic rings. The Morgan fingerprint density at radius 1 is 1.22 bits per heavy atom. The Morgan fingerprint density at radius 2 is 1.89 bits per heavy atom. The number of hydrogen-bond donors (Lipinski definition) is 0. The minimum atomic E-state index is -3.75. The fourth-order valence-corrected chi connectivity index (χ4v) is 4.10. The molecule has 1 aliphatic carbocycles. The summed E-state index contributed by atoms with van der Waals surface area (Å²) in [6.07, 6.45) is 4.26. The second kappa shape index (κ2) is 3.83. The van der Waals surface area contributed by atoms with E-state index in [-0.39, 0.29) is 22.8 Å². The highest BCUT2D eigenvalue weighted by Crippen LogP contribution is 2.39. The van der Waals surface area contributed by atoms with Crippen molar-refractivity contribution in [2.45, 2.75) is 17.4 Å². The van der Waals surface area contributed by atoms with Crippen molar-refractivity contribution < 1.29 is 13.2 Å². The van der Waals surface area contributed by atoms with E-state index in [1.165, 1.54) is 24.3 Å². The van der Waals surface area contributed by atoms with Crippen LogP contribution in [0.15, 0.2) is 41.3 Å². The van der Waals surface area contributed by atoms with E-state index < -0.39 is 10.0 Å². The molecule has 1 fully saturated rings. The molecular formula is C12H10ClNO3S. The standard InChI is InChI=1S/C12H10ClNO3S/c13-8-4-6-9(7-5-8)18(16,17)14-11-3-1-2-10(11)12(14)15/h1,3-7,10-11H,2H2/t10-,11+/m0/s1. The van der Waals surface area contributed by atoms with E-state index in [0.29, 0.717) is 11.4 Å². The molecule has 0 saturated carbocycles. The Bertz CT molecular complexity index is 636. The van der Waals surface area contributed by atoms with Gasteiger partial charge >= 0.3 is 0 Å². The van der Waals surface area contributed by atoms with Gasteiger partial charge in [0.1, 0.15) is 0 Å². The van der Waals surface area contributed by atoms with Gasteiger partial charge in [0.05, 0.1) is 16.9 Å². The van der Waals surface area contributed by atoms with Crippen molar-refractivity contribution in [2.24, 2.45) is 5.92 Å². The van der Waals surface area contributed by atoms with Crippen LogP contribution in [0.2, 0.25) is 5.02 Å². The van der Waals surface area contributed by atoms with Crippen LogP contribution in [-0.2, 0) is 14.8 Å². The average Bonchev–Trinajstić information content (AvgIpc) is 2.72. The van der Waals surface area contributed by atoms with Gasteiger partial charge in [0.25, 0.3) is 10.0 Å². The lowest BCUT2D eigenvalue weighted by Crippen LogP contribution is -2.60. The van der Waals surface area contributed by atoms with Crippen LogP contribution in [0.5, 0.6) is 0 Å². The molecule has 6 heteroatoms. The Hall–Kier alpha value is -1.33. The van der Waals surface area contributed by atoms with E-state index in [0.717, 1.165) is 4.31 Å². The summed E-state index contributed by atoms with van der Waals surface area (Å²) in [5.74, 6) is -0.507. The average molecular weight is 284 g/mol. The summed E-state index contributed by atoms with van der Waals surface area (Å²) in [5.41, 5.74) is 0. The number of rotatable bonds is 2. The van der Waals surface area contributed by atoms with Gasteiger partial charge in [-0.25, -0.2) is 12.7 Å². The number of nitrogens with zero attached hydrogens (tertiary/aromatic N) is 1. The van der Waals surface area contributed by atoms with Gasteiger partial charge in [-0.3, -0.25) is 4.79 Å². The van der Waals surface area contributed by atoms with Crippen molar-refractivity contribution in [3.63, 3.8) is 0 Å². The summed E-state index contributed by atoms with van der Waals surface area (Å²) in [4.78, 5) is 11.9. The molecule has 1 saturated heterocycles. The maximum atomic E-state index is 12.3. The number of hydrogen-bond acceptors (Lipinski definition) is 3. The molecule has 1 heterocycles. The number of benzene rings is 1. The number of carbonyl (C=O) groups is 1. The third-order valence-electron chi connectivity index (χ3n) is 3.31. The van der Waals surface area contributed by atoms with Gasteiger partial charge in [0.15, 0.2) is 0 Å². The van der Waals surface area contributed by atoms with Crippen LogP contribution in [-0.4, -0.2) is 24.7 Å². The number of amides is 1. The lowest BCUT2D eigenvalue weighted by molar-refractivity contribution is -0.142. The zero-order valence-electron chi connectivity index (χ0n) is 9.28. The van der Waals surface area contributed by atoms with Crippen molar-refractivity contribution in [3.8, 4) is 0 Å². The molecule has 2 atom stereocenters. The summed E-state index contributed by atoms with van der Waals surface area (Å²) in [6.45, 7) is 0. The molecule has 4 nitrogen and oxygen atoms in total. The van der Waals surface area contributed by atoms with E-state index in [1.54, 1.807) is 6.08 Å². The Morgan fingerprint density at radius 3 is 2.56 bits per heavy atom. The van der Waals surface area contributed by atoms with Crippen LogP contribution in [0.4, 0.5) is 0 Å². The van der Waals surface area contributed by atoms with Crippen molar-refractivity contribution in [1.82, 2.24) is 4.31 Å². The molecule has 0 unspecified atom stereocenters. The third-order valence-corrected chi connectivity index (χ3v) is 5.37. The third kappa shape index (κ3) is 1.51. The maximum Gasteiger partial charge on any atom is 0.267 e. The van der Waals surface area contributed by atoms with Crippen LogP contribution < -0.4 is 0 Å². The lowest BCUT2D eigenvalue weighted by Gasteiger charge is -2.41. The fourth-order valence-electron chi connectivity index (χ4n) is 2.35. The molecule has 1 amide bonds. The van der Waals surface area contributed by atoms with Gasteiger partial charge in [-0.05, 0) is 30.7 Å². The van der Waals surface area contributed by atoms with E-state index in [2.05, 4.69) is 0 Å². The first-order chi connectivity index (χ1) is 8.51. The quantitative estimate of drug-likeness (QED) is 0.614. The van der Waals surface area contributed by atoms with Gasteiger partial charge in [-0.1, -0.05) is 23.8 Å². The summed E-state index contributed by atoms with van der Waals surface area (Å²) >= 11 is 5.72. The Labute approximate surface area is 110 Å². The summed E-state index contributed by atoms with van der Waals surface area (Å²) in [6, 6.07) is 5.52. The van der Waals surface area contributed by atoms with Crippen LogP contribution in [0, 0.1) is 5.92 Å². The first kappa shape index (κ1) is 11.7. The van der Waals surface area contributed by atoms with Crippen molar-refractivity contribution in [3.05, 3.63) is 41.4 Å². The first-order valence-electron chi connectivity index (χ1n) is 5.52. The zero-order chi connectivity index (χ0) is 12.9. The first-order valence-corrected chi connectivity index (χ1v) is 7.34. The second-order valence-electron chi connectivity index (χ2n) is 4.35. The fraction of sp³-hybridized carbons (Fsp3) is 0.250. The molecule has 0 bridgehead atoms. The molecule has 3 rings (SSSR count). The molecule has 1 aliphatic heterocycles. The van der Waals surface area contributed by atoms with E-state index in [4.69, 9.17) is 11.6 Å². The van der Waals surface area contributed by atoms with E-state index >= 15 is 0 Å². The number of carbonyl (C=O) groups excluding carboxylic acids is 1. The Kier molecular flexibility index (Phi) is 2.50. The highest BCUT2D eigenvalue weighted by Gasteiger charge is 2.53. The Balaban J connectivity index is 1.98. The van der Waals surface area contributed by atoms with Crippen LogP contribution >= 0.6 is 11.6 Å². The number of β-lactam (4-membered cyclic amide) rings is 1. The number of sulfonamides is 1. The minimum Gasteiger partial charge on any atom is -0.273 e. The second-order valence-corrected chi connectivity index (χ2v) is 6.61. The predicted octanol–water partition coefficient (Wildman–Crippen LogP) is 1.82. The minimum absolute atomic E-state index is 0.0963. The van der Waals surface area contributed by atoms with Crippen LogP contribution in [0.1, 0.15) is 6.42 Å². The van der Waals surface area contributed by atoms with E-state index in [9.17, 15) is 13.2 Å². The maximum absolute atomic E-state index is 12.3. The van der Waals surface area contributed by atoms with E-state index in [1.807, 2.05) is 6.08 Å². The van der Waals surface area contributed by atoms with Crippen LogP contribution in [0.3, 0.4) is 0 Å². The number of fused-ring (bicyclic) bond motifs is 1. The highest BCUT2D eigenvalue weighted by molar-refractivity contribution is 7.89. The van der Waals surface area contributed by atoms with Gasteiger partial charge < -0.3 is 0 Å². The van der Waals surface area contributed by atoms with Gasteiger partial charge in [0.2, 0.25) is 5.91 Å². The molecule has 0 N–H and O–H groups in total. The topological polar surface area (TPSA) is 54.5 Å². The molecular weight excluding hydrogens is 274 g/mol. The molecule has 0 radical (unpaired) electrons. The zero-order valence-corrected chi connectivity index (χ0v) is 10.9. The van der Waals surface area contributed by atoms with Crippen LogP contribution in [0.25, 0.3) is 0 Å². The smallest absolute Gasteiger partial charge is 0.267 e. The summed E-state index contributed by atoms with van der Waals surface area (Å²) < 4.78 is 25.6. The lowest BCUT2D eigenvalue weighted by atomic mass is 9.94. The monoisotopic (exact) mass is 283 g/mol. The molecule has 0 aromatic heterocycles. The molecule has 18 heavy (non-hydrogen) atoms. The predicted molar refractivity (Wildman–Crippen MR) is 66.5 cm³/mol. The molecule has 1 aromatic carbocycles. The summed E-state index contributed by atoms with van der Waals surface area (Å²) in [5, 5.41) is 0.461. The molecule has 2 aliphatic rings. The van der Waals surface area contributed by atoms with Crippen molar-refractivity contribution in [2.75, 3.05) is 0 Å². The number of halogens is 1. The van der Waals surface area contributed by atoms with Crippen molar-refractivity contribution >= 4 is 27.5 Å². The SMILES string of the molecule is O=C1[C@H]2CC=C[C@H]2N1S(=O)(=O)c1ccc(Cl)cc1. The molecule has 94 valence electrons. The normalized spacial score (nSPS) is 26.1. The largest absolute Gasteiger partial charge is 0.273 e. The van der Waals surface area contributed by atoms with Gasteiger partial charge in [-0.2, -0.15) is 0 Å². The summed E-state index contributed by atoms with van der Waals surface area (Å²) in [7, 11) is -3.75. The van der Waals surface area contributed by atoms with Gasteiger partial charge in [-0.15, -0.1) is 0 Å². The van der Waals surface area contributed by atoms with Gasteiger partial charge in [0, 0.05) is 5.02 Å². The number of allylic oxidation sites excluding steroid dienone is 1. The highest BCUT2D eigenvalue weighted by atomic mass is 35.5. The van der Waals surface area contributed by atoms with Crippen molar-refractivity contribution in [1.29, 1.82) is 0 Å². The molecule has 0 spiro atoms.